The molecule has 0 aromatic heterocycles. The molecule has 0 saturated carbocycles. The second-order valence-corrected chi connectivity index (χ2v) is 11.2. The van der Waals surface area contributed by atoms with Crippen molar-refractivity contribution in [2.45, 2.75) is 31.6 Å². The summed E-state index contributed by atoms with van der Waals surface area (Å²) in [6.45, 7) is 4.67. The Morgan fingerprint density at radius 3 is 1.85 bits per heavy atom. The zero-order valence-corrected chi connectivity index (χ0v) is 23.0. The van der Waals surface area contributed by atoms with Gasteiger partial charge in [0.25, 0.3) is 0 Å². The fourth-order valence-corrected chi connectivity index (χ4v) is 6.32. The van der Waals surface area contributed by atoms with Crippen LogP contribution in [0.2, 0.25) is 0 Å². The number of benzene rings is 5. The normalized spacial score (nSPS) is 17.4. The number of hydrogen-bond acceptors (Lipinski definition) is 2. The van der Waals surface area contributed by atoms with Crippen molar-refractivity contribution >= 4 is 28.5 Å². The molecule has 5 aromatic carbocycles. The topological polar surface area (TPSA) is 15.6 Å². The molecule has 2 nitrogen and oxygen atoms in total. The van der Waals surface area contributed by atoms with Crippen molar-refractivity contribution in [3.8, 4) is 0 Å². The summed E-state index contributed by atoms with van der Waals surface area (Å²) in [5, 5.41) is 0. The minimum absolute atomic E-state index is 0.0704. The van der Waals surface area contributed by atoms with E-state index in [0.29, 0.717) is 0 Å². The van der Waals surface area contributed by atoms with Crippen LogP contribution < -0.4 is 4.90 Å². The monoisotopic (exact) mass is 516 g/mol. The van der Waals surface area contributed by atoms with Gasteiger partial charge in [0.1, 0.15) is 0 Å². The van der Waals surface area contributed by atoms with Crippen LogP contribution in [0.3, 0.4) is 0 Å². The largest absolute Gasteiger partial charge is 0.310 e. The first-order chi connectivity index (χ1) is 19.6. The minimum Gasteiger partial charge on any atom is -0.310 e. The number of allylic oxidation sites excluding steroid dienone is 1. The van der Waals surface area contributed by atoms with Gasteiger partial charge in [0.05, 0.1) is 17.1 Å². The number of para-hydroxylation sites is 2. The first-order valence-electron chi connectivity index (χ1n) is 14.1. The van der Waals surface area contributed by atoms with E-state index in [1.807, 2.05) is 0 Å². The molecule has 0 amide bonds. The van der Waals surface area contributed by atoms with E-state index in [4.69, 9.17) is 4.99 Å². The molecule has 0 aliphatic carbocycles. The number of aliphatic imine (C=N–C) groups is 1. The number of hydrogen-bond donors (Lipinski definition) is 0. The van der Waals surface area contributed by atoms with Crippen molar-refractivity contribution in [3.05, 3.63) is 167 Å². The van der Waals surface area contributed by atoms with Gasteiger partial charge in [-0.2, -0.15) is 0 Å². The number of nitrogens with zero attached hydrogens (tertiary/aromatic N) is 2. The van der Waals surface area contributed by atoms with Crippen molar-refractivity contribution < 1.29 is 0 Å². The maximum atomic E-state index is 5.15. The molecule has 2 aliphatic rings. The minimum atomic E-state index is -0.0704. The summed E-state index contributed by atoms with van der Waals surface area (Å²) in [5.41, 5.74) is 12.1. The molecule has 0 bridgehead atoms. The number of rotatable bonds is 4. The fraction of sp³-hybridized carbons (Fsp3) is 0.132. The van der Waals surface area contributed by atoms with Gasteiger partial charge < -0.3 is 4.90 Å². The predicted octanol–water partition coefficient (Wildman–Crippen LogP) is 9.81. The van der Waals surface area contributed by atoms with Gasteiger partial charge in [-0.25, -0.2) is 0 Å². The summed E-state index contributed by atoms with van der Waals surface area (Å²) < 4.78 is 0. The Kier molecular flexibility index (Phi) is 5.97. The summed E-state index contributed by atoms with van der Waals surface area (Å²) in [5.74, 6) is 0.217. The first-order valence-corrected chi connectivity index (χ1v) is 14.1. The van der Waals surface area contributed by atoms with Crippen LogP contribution in [-0.4, -0.2) is 5.71 Å². The van der Waals surface area contributed by atoms with E-state index in [1.165, 1.54) is 39.3 Å². The SMILES string of the molecule is CC1(C)c2ccccc2N(c2cccc(C3C=C(c4ccccc4)N=C(c4ccccc4)C3)c2)c2ccccc21. The Morgan fingerprint density at radius 2 is 1.20 bits per heavy atom. The zero-order chi connectivity index (χ0) is 27.1. The van der Waals surface area contributed by atoms with E-state index < -0.39 is 0 Å². The Labute approximate surface area is 237 Å². The third-order valence-corrected chi connectivity index (χ3v) is 8.40. The van der Waals surface area contributed by atoms with Crippen molar-refractivity contribution in [2.75, 3.05) is 4.90 Å². The van der Waals surface area contributed by atoms with E-state index in [9.17, 15) is 0 Å². The fourth-order valence-electron chi connectivity index (χ4n) is 6.32. The standard InChI is InChI=1S/C38H32N2/c1-38(2)32-20-9-11-22-36(32)40(37-23-12-10-21-33(37)38)31-19-13-18-29(24-31)30-25-34(27-14-5-3-6-15-27)39-35(26-30)28-16-7-4-8-17-28/h3-25,30H,26H2,1-2H3. The smallest absolute Gasteiger partial charge is 0.0671 e. The lowest BCUT2D eigenvalue weighted by molar-refractivity contribution is 0.632. The maximum Gasteiger partial charge on any atom is 0.0671 e. The number of anilines is 3. The summed E-state index contributed by atoms with van der Waals surface area (Å²) in [7, 11) is 0. The Hall–Kier alpha value is -4.69. The highest BCUT2D eigenvalue weighted by molar-refractivity contribution is 6.05. The van der Waals surface area contributed by atoms with Crippen molar-refractivity contribution in [3.63, 3.8) is 0 Å². The first kappa shape index (κ1) is 24.4. The molecular formula is C38H32N2. The zero-order valence-electron chi connectivity index (χ0n) is 23.0. The van der Waals surface area contributed by atoms with Gasteiger partial charge in [-0.1, -0.05) is 129 Å². The van der Waals surface area contributed by atoms with Crippen LogP contribution in [0.15, 0.2) is 145 Å². The van der Waals surface area contributed by atoms with Crippen molar-refractivity contribution in [2.24, 2.45) is 4.99 Å². The van der Waals surface area contributed by atoms with E-state index in [-0.39, 0.29) is 11.3 Å². The molecule has 0 spiro atoms. The molecular weight excluding hydrogens is 484 g/mol. The summed E-state index contributed by atoms with van der Waals surface area (Å²) in [6.07, 6.45) is 3.21. The summed E-state index contributed by atoms with van der Waals surface area (Å²) in [6, 6.07) is 47.9. The quantitative estimate of drug-likeness (QED) is 0.232. The Bertz CT molecular complexity index is 1700. The van der Waals surface area contributed by atoms with E-state index in [1.54, 1.807) is 0 Å². The average Bonchev–Trinajstić information content (AvgIpc) is 3.02. The van der Waals surface area contributed by atoms with Crippen molar-refractivity contribution in [1.82, 2.24) is 0 Å². The lowest BCUT2D eigenvalue weighted by Crippen LogP contribution is -2.30. The van der Waals surface area contributed by atoms with Crippen LogP contribution in [0.5, 0.6) is 0 Å². The van der Waals surface area contributed by atoms with Gasteiger partial charge >= 0.3 is 0 Å². The molecule has 0 fully saturated rings. The molecule has 2 heterocycles. The predicted molar refractivity (Wildman–Crippen MR) is 168 cm³/mol. The molecule has 0 radical (unpaired) electrons. The maximum absolute atomic E-state index is 5.15. The average molecular weight is 517 g/mol. The molecule has 1 atom stereocenters. The highest BCUT2D eigenvalue weighted by atomic mass is 15.2. The van der Waals surface area contributed by atoms with Crippen LogP contribution in [0.25, 0.3) is 5.70 Å². The molecule has 0 N–H and O–H groups in total. The number of fused-ring (bicyclic) bond motifs is 2. The Balaban J connectivity index is 1.34. The third-order valence-electron chi connectivity index (χ3n) is 8.40. The van der Waals surface area contributed by atoms with E-state index >= 15 is 0 Å². The molecule has 2 heteroatoms. The van der Waals surface area contributed by atoms with Crippen LogP contribution in [0.4, 0.5) is 17.1 Å². The highest BCUT2D eigenvalue weighted by Gasteiger charge is 2.36. The van der Waals surface area contributed by atoms with Crippen LogP contribution in [-0.2, 0) is 5.41 Å². The summed E-state index contributed by atoms with van der Waals surface area (Å²) >= 11 is 0. The van der Waals surface area contributed by atoms with Crippen LogP contribution >= 0.6 is 0 Å². The molecule has 194 valence electrons. The second-order valence-electron chi connectivity index (χ2n) is 11.2. The van der Waals surface area contributed by atoms with Gasteiger partial charge in [-0.15, -0.1) is 0 Å². The lowest BCUT2D eigenvalue weighted by Gasteiger charge is -2.42. The molecule has 2 aliphatic heterocycles. The summed E-state index contributed by atoms with van der Waals surface area (Å²) in [4.78, 5) is 7.59. The molecule has 5 aromatic rings. The van der Waals surface area contributed by atoms with Gasteiger partial charge in [0, 0.05) is 29.2 Å². The third kappa shape index (κ3) is 4.17. The molecule has 7 rings (SSSR count). The van der Waals surface area contributed by atoms with Crippen LogP contribution in [0, 0.1) is 0 Å². The Morgan fingerprint density at radius 1 is 0.625 bits per heavy atom. The van der Waals surface area contributed by atoms with Crippen molar-refractivity contribution in [1.29, 1.82) is 0 Å². The molecule has 40 heavy (non-hydrogen) atoms. The second kappa shape index (κ2) is 9.81. The molecule has 1 unspecified atom stereocenters. The molecule has 0 saturated heterocycles. The highest BCUT2D eigenvalue weighted by Crippen LogP contribution is 2.51. The van der Waals surface area contributed by atoms with Gasteiger partial charge in [0.15, 0.2) is 0 Å². The van der Waals surface area contributed by atoms with Gasteiger partial charge in [0.2, 0.25) is 0 Å². The van der Waals surface area contributed by atoms with Gasteiger partial charge in [-0.3, -0.25) is 4.99 Å². The van der Waals surface area contributed by atoms with E-state index in [2.05, 4.69) is 158 Å². The van der Waals surface area contributed by atoms with Gasteiger partial charge in [-0.05, 0) is 52.1 Å². The lowest BCUT2D eigenvalue weighted by atomic mass is 9.73. The van der Waals surface area contributed by atoms with E-state index in [0.717, 1.165) is 23.4 Å². The van der Waals surface area contributed by atoms with Crippen LogP contribution in [0.1, 0.15) is 54.0 Å².